The van der Waals surface area contributed by atoms with E-state index < -0.39 is 0 Å². The number of carbonyl (C=O) groups is 1. The summed E-state index contributed by atoms with van der Waals surface area (Å²) >= 11 is 0. The van der Waals surface area contributed by atoms with Gasteiger partial charge in [0.2, 0.25) is 0 Å². The minimum Gasteiger partial charge on any atom is -0.468 e. The van der Waals surface area contributed by atoms with Crippen LogP contribution in [0, 0.1) is 5.92 Å². The molecule has 94 valence electrons. The number of methoxy groups -OCH3 is 1. The highest BCUT2D eigenvalue weighted by Gasteiger charge is 2.30. The van der Waals surface area contributed by atoms with Crippen LogP contribution in [0.3, 0.4) is 0 Å². The van der Waals surface area contributed by atoms with Gasteiger partial charge in [-0.1, -0.05) is 13.8 Å². The van der Waals surface area contributed by atoms with Gasteiger partial charge in [0, 0.05) is 19.1 Å². The molecule has 0 aromatic heterocycles. The van der Waals surface area contributed by atoms with E-state index in [9.17, 15) is 4.79 Å². The van der Waals surface area contributed by atoms with Gasteiger partial charge >= 0.3 is 5.97 Å². The van der Waals surface area contributed by atoms with Gasteiger partial charge in [-0.25, -0.2) is 0 Å². The maximum atomic E-state index is 11.6. The lowest BCUT2D eigenvalue weighted by atomic mass is 10.1. The van der Waals surface area contributed by atoms with Crippen molar-refractivity contribution in [2.45, 2.75) is 39.3 Å². The molecule has 1 saturated heterocycles. The zero-order valence-electron chi connectivity index (χ0n) is 10.8. The number of ether oxygens (including phenoxy) is 1. The molecule has 0 amide bonds. The van der Waals surface area contributed by atoms with Crippen molar-refractivity contribution in [2.24, 2.45) is 5.92 Å². The molecule has 0 bridgehead atoms. The third-order valence-corrected chi connectivity index (χ3v) is 3.27. The Kier molecular flexibility index (Phi) is 5.22. The zero-order chi connectivity index (χ0) is 12.1. The van der Waals surface area contributed by atoms with Crippen molar-refractivity contribution in [3.05, 3.63) is 0 Å². The van der Waals surface area contributed by atoms with Gasteiger partial charge in [0.25, 0.3) is 0 Å². The van der Waals surface area contributed by atoms with Crippen LogP contribution < -0.4 is 5.32 Å². The van der Waals surface area contributed by atoms with E-state index in [1.54, 1.807) is 0 Å². The number of nitrogens with zero attached hydrogens (tertiary/aromatic N) is 1. The number of nitrogens with one attached hydrogen (secondary N) is 1. The van der Waals surface area contributed by atoms with Crippen LogP contribution in [0.2, 0.25) is 0 Å². The van der Waals surface area contributed by atoms with Gasteiger partial charge in [-0.15, -0.1) is 0 Å². The van der Waals surface area contributed by atoms with Crippen molar-refractivity contribution in [3.8, 4) is 0 Å². The van der Waals surface area contributed by atoms with E-state index in [1.807, 2.05) is 6.92 Å². The Balaban J connectivity index is 2.51. The number of hydrogen-bond acceptors (Lipinski definition) is 4. The smallest absolute Gasteiger partial charge is 0.324 e. The molecule has 0 spiro atoms. The molecular weight excluding hydrogens is 204 g/mol. The maximum Gasteiger partial charge on any atom is 0.324 e. The molecule has 0 aromatic rings. The van der Waals surface area contributed by atoms with E-state index >= 15 is 0 Å². The highest BCUT2D eigenvalue weighted by Crippen LogP contribution is 2.22. The first-order valence-corrected chi connectivity index (χ1v) is 6.13. The van der Waals surface area contributed by atoms with Gasteiger partial charge in [-0.05, 0) is 25.8 Å². The first-order chi connectivity index (χ1) is 7.58. The third-order valence-electron chi connectivity index (χ3n) is 3.27. The van der Waals surface area contributed by atoms with Gasteiger partial charge in [0.15, 0.2) is 0 Å². The SMILES string of the molecule is CCNC(CN1CC(C)CC1C)C(=O)OC. The number of likely N-dealkylation sites (N-methyl/N-ethyl adjacent to an activating group) is 1. The predicted molar refractivity (Wildman–Crippen MR) is 64.3 cm³/mol. The molecule has 4 heteroatoms. The predicted octanol–water partition coefficient (Wildman–Crippen LogP) is 0.868. The van der Waals surface area contributed by atoms with E-state index in [0.717, 1.165) is 25.6 Å². The molecule has 1 aliphatic rings. The third kappa shape index (κ3) is 3.46. The second-order valence-electron chi connectivity index (χ2n) is 4.78. The highest BCUT2D eigenvalue weighted by molar-refractivity contribution is 5.75. The first kappa shape index (κ1) is 13.5. The van der Waals surface area contributed by atoms with Gasteiger partial charge in [-0.2, -0.15) is 0 Å². The normalized spacial score (nSPS) is 28.0. The molecule has 1 fully saturated rings. The summed E-state index contributed by atoms with van der Waals surface area (Å²) in [5.74, 6) is 0.573. The van der Waals surface area contributed by atoms with Crippen LogP contribution in [0.5, 0.6) is 0 Å². The molecule has 1 rings (SSSR count). The lowest BCUT2D eigenvalue weighted by Crippen LogP contribution is -2.47. The molecular formula is C12H24N2O2. The van der Waals surface area contributed by atoms with E-state index in [2.05, 4.69) is 24.1 Å². The Hall–Kier alpha value is -0.610. The van der Waals surface area contributed by atoms with Crippen LogP contribution in [0.15, 0.2) is 0 Å². The quantitative estimate of drug-likeness (QED) is 0.709. The zero-order valence-corrected chi connectivity index (χ0v) is 10.8. The number of carbonyl (C=O) groups excluding carboxylic acids is 1. The van der Waals surface area contributed by atoms with Crippen molar-refractivity contribution >= 4 is 5.97 Å². The Morgan fingerprint density at radius 3 is 2.69 bits per heavy atom. The van der Waals surface area contributed by atoms with Crippen LogP contribution in [0.1, 0.15) is 27.2 Å². The van der Waals surface area contributed by atoms with Gasteiger partial charge < -0.3 is 10.1 Å². The van der Waals surface area contributed by atoms with Crippen molar-refractivity contribution in [1.82, 2.24) is 10.2 Å². The maximum absolute atomic E-state index is 11.6. The van der Waals surface area contributed by atoms with Crippen molar-refractivity contribution < 1.29 is 9.53 Å². The topological polar surface area (TPSA) is 41.6 Å². The molecule has 3 atom stereocenters. The molecule has 0 radical (unpaired) electrons. The first-order valence-electron chi connectivity index (χ1n) is 6.13. The van der Waals surface area contributed by atoms with Gasteiger partial charge in [0.1, 0.15) is 6.04 Å². The Labute approximate surface area is 98.3 Å². The van der Waals surface area contributed by atoms with Crippen LogP contribution in [-0.2, 0) is 9.53 Å². The van der Waals surface area contributed by atoms with Crippen LogP contribution >= 0.6 is 0 Å². The van der Waals surface area contributed by atoms with E-state index in [-0.39, 0.29) is 12.0 Å². The van der Waals surface area contributed by atoms with Crippen LogP contribution in [0.25, 0.3) is 0 Å². The molecule has 0 aromatic carbocycles. The summed E-state index contributed by atoms with van der Waals surface area (Å²) in [6.07, 6.45) is 1.22. The number of rotatable bonds is 5. The lowest BCUT2D eigenvalue weighted by Gasteiger charge is -2.26. The standard InChI is InChI=1S/C12H24N2O2/c1-5-13-11(12(15)16-4)8-14-7-9(2)6-10(14)3/h9-11,13H,5-8H2,1-4H3. The molecule has 4 nitrogen and oxygen atoms in total. The Bertz CT molecular complexity index is 233. The largest absolute Gasteiger partial charge is 0.468 e. The van der Waals surface area contributed by atoms with Crippen LogP contribution in [-0.4, -0.2) is 49.7 Å². The highest BCUT2D eigenvalue weighted by atomic mass is 16.5. The summed E-state index contributed by atoms with van der Waals surface area (Å²) in [6.45, 7) is 9.12. The molecule has 1 N–H and O–H groups in total. The van der Waals surface area contributed by atoms with Crippen LogP contribution in [0.4, 0.5) is 0 Å². The van der Waals surface area contributed by atoms with Gasteiger partial charge in [0.05, 0.1) is 7.11 Å². The summed E-state index contributed by atoms with van der Waals surface area (Å²) in [5.41, 5.74) is 0. The Morgan fingerprint density at radius 1 is 1.56 bits per heavy atom. The number of esters is 1. The second kappa shape index (κ2) is 6.21. The van der Waals surface area contributed by atoms with Gasteiger partial charge in [-0.3, -0.25) is 9.69 Å². The lowest BCUT2D eigenvalue weighted by molar-refractivity contribution is -0.143. The summed E-state index contributed by atoms with van der Waals surface area (Å²) in [5, 5.41) is 3.18. The molecule has 3 unspecified atom stereocenters. The minimum atomic E-state index is -0.192. The molecule has 1 heterocycles. The minimum absolute atomic E-state index is 0.159. The van der Waals surface area contributed by atoms with Crippen molar-refractivity contribution in [3.63, 3.8) is 0 Å². The fourth-order valence-electron chi connectivity index (χ4n) is 2.49. The van der Waals surface area contributed by atoms with E-state index in [1.165, 1.54) is 13.5 Å². The van der Waals surface area contributed by atoms with E-state index in [0.29, 0.717) is 6.04 Å². The van der Waals surface area contributed by atoms with E-state index in [4.69, 9.17) is 4.74 Å². The van der Waals surface area contributed by atoms with Crippen molar-refractivity contribution in [1.29, 1.82) is 0 Å². The number of likely N-dealkylation sites (tertiary alicyclic amines) is 1. The van der Waals surface area contributed by atoms with Crippen molar-refractivity contribution in [2.75, 3.05) is 26.7 Å². The fraction of sp³-hybridized carbons (Fsp3) is 0.917. The number of hydrogen-bond donors (Lipinski definition) is 1. The average molecular weight is 228 g/mol. The molecule has 0 aliphatic carbocycles. The monoisotopic (exact) mass is 228 g/mol. The summed E-state index contributed by atoms with van der Waals surface area (Å²) in [7, 11) is 1.45. The summed E-state index contributed by atoms with van der Waals surface area (Å²) < 4.78 is 4.81. The average Bonchev–Trinajstić information content (AvgIpc) is 2.55. The molecule has 1 aliphatic heterocycles. The fourth-order valence-corrected chi connectivity index (χ4v) is 2.49. The molecule has 16 heavy (non-hydrogen) atoms. The second-order valence-corrected chi connectivity index (χ2v) is 4.78. The molecule has 0 saturated carbocycles. The Morgan fingerprint density at radius 2 is 2.25 bits per heavy atom. The summed E-state index contributed by atoms with van der Waals surface area (Å²) in [4.78, 5) is 13.9. The summed E-state index contributed by atoms with van der Waals surface area (Å²) in [6, 6.07) is 0.378.